The summed E-state index contributed by atoms with van der Waals surface area (Å²) in [6, 6.07) is 16.8. The van der Waals surface area contributed by atoms with E-state index in [2.05, 4.69) is 32.5 Å². The second kappa shape index (κ2) is 7.55. The van der Waals surface area contributed by atoms with E-state index in [0.29, 0.717) is 18.6 Å². The number of rotatable bonds is 5. The van der Waals surface area contributed by atoms with Crippen LogP contribution in [0.25, 0.3) is 5.69 Å². The molecule has 2 aromatic heterocycles. The average molecular weight is 402 g/mol. The lowest BCUT2D eigenvalue weighted by Crippen LogP contribution is -2.22. The van der Waals surface area contributed by atoms with Gasteiger partial charge in [-0.05, 0) is 24.6 Å². The minimum Gasteiger partial charge on any atom is -0.494 e. The third-order valence-corrected chi connectivity index (χ3v) is 5.13. The number of methoxy groups -OCH3 is 1. The first-order valence-corrected chi connectivity index (χ1v) is 9.81. The quantitative estimate of drug-likeness (QED) is 0.546. The van der Waals surface area contributed by atoms with Gasteiger partial charge in [0.15, 0.2) is 0 Å². The van der Waals surface area contributed by atoms with Gasteiger partial charge in [0.1, 0.15) is 5.75 Å². The van der Waals surface area contributed by atoms with Gasteiger partial charge >= 0.3 is 6.01 Å². The molecule has 0 fully saturated rings. The van der Waals surface area contributed by atoms with Crippen LogP contribution in [0.15, 0.2) is 61.1 Å². The molecule has 0 saturated carbocycles. The first-order valence-electron chi connectivity index (χ1n) is 9.81. The first-order chi connectivity index (χ1) is 14.7. The lowest BCUT2D eigenvalue weighted by atomic mass is 10.0. The van der Waals surface area contributed by atoms with Gasteiger partial charge in [0, 0.05) is 24.4 Å². The minimum atomic E-state index is 0.111. The first kappa shape index (κ1) is 18.2. The van der Waals surface area contributed by atoms with Crippen molar-refractivity contribution in [1.29, 1.82) is 0 Å². The van der Waals surface area contributed by atoms with Gasteiger partial charge in [-0.3, -0.25) is 0 Å². The van der Waals surface area contributed by atoms with Crippen molar-refractivity contribution in [3.63, 3.8) is 0 Å². The van der Waals surface area contributed by atoms with Crippen LogP contribution in [-0.2, 0) is 0 Å². The van der Waals surface area contributed by atoms with Gasteiger partial charge in [-0.25, -0.2) is 9.67 Å². The predicted molar refractivity (Wildman–Crippen MR) is 113 cm³/mol. The Morgan fingerprint density at radius 1 is 1.17 bits per heavy atom. The summed E-state index contributed by atoms with van der Waals surface area (Å²) in [5, 5.41) is 7.92. The van der Waals surface area contributed by atoms with Crippen LogP contribution in [-0.4, -0.2) is 38.0 Å². The van der Waals surface area contributed by atoms with Gasteiger partial charge in [0.25, 0.3) is 0 Å². The maximum atomic E-state index is 5.73. The zero-order valence-electron chi connectivity index (χ0n) is 16.8. The van der Waals surface area contributed by atoms with Crippen molar-refractivity contribution in [2.75, 3.05) is 19.0 Å². The summed E-state index contributed by atoms with van der Waals surface area (Å²) in [5.41, 5.74) is 3.88. The molecule has 152 valence electrons. The molecule has 8 heteroatoms. The molecule has 30 heavy (non-hydrogen) atoms. The molecule has 5 rings (SSSR count). The molecule has 1 N–H and O–H groups in total. The fourth-order valence-corrected chi connectivity index (χ4v) is 3.68. The number of hydrogen-bond acceptors (Lipinski definition) is 6. The van der Waals surface area contributed by atoms with Crippen molar-refractivity contribution in [2.24, 2.45) is 0 Å². The van der Waals surface area contributed by atoms with Crippen molar-refractivity contribution in [3.8, 4) is 17.4 Å². The summed E-state index contributed by atoms with van der Waals surface area (Å²) < 4.78 is 15.1. The van der Waals surface area contributed by atoms with Crippen LogP contribution < -0.4 is 14.8 Å². The van der Waals surface area contributed by atoms with E-state index in [1.165, 1.54) is 5.56 Å². The number of nitrogens with zero attached hydrogens (tertiary/aromatic N) is 5. The maximum absolute atomic E-state index is 5.73. The molecule has 1 atom stereocenters. The van der Waals surface area contributed by atoms with Crippen molar-refractivity contribution in [2.45, 2.75) is 19.4 Å². The fraction of sp³-hybridized carbons (Fsp3) is 0.227. The number of nitrogens with one attached hydrogen (secondary N) is 1. The highest BCUT2D eigenvalue weighted by atomic mass is 16.5. The smallest absolute Gasteiger partial charge is 0.317 e. The molecule has 1 aliphatic rings. The van der Waals surface area contributed by atoms with Crippen LogP contribution in [0.3, 0.4) is 0 Å². The molecular weight excluding hydrogens is 380 g/mol. The van der Waals surface area contributed by atoms with Crippen LogP contribution >= 0.6 is 0 Å². The Balaban J connectivity index is 1.42. The van der Waals surface area contributed by atoms with E-state index in [4.69, 9.17) is 9.47 Å². The Morgan fingerprint density at radius 3 is 2.80 bits per heavy atom. The monoisotopic (exact) mass is 402 g/mol. The summed E-state index contributed by atoms with van der Waals surface area (Å²) in [6.07, 6.45) is 4.58. The van der Waals surface area contributed by atoms with Crippen LogP contribution in [0.5, 0.6) is 11.8 Å². The molecular formula is C22H22N6O2. The highest BCUT2D eigenvalue weighted by Gasteiger charge is 2.26. The molecule has 3 heterocycles. The largest absolute Gasteiger partial charge is 0.494 e. The molecule has 0 aliphatic carbocycles. The van der Waals surface area contributed by atoms with Crippen molar-refractivity contribution in [1.82, 2.24) is 24.3 Å². The normalized spacial score (nSPS) is 15.3. The van der Waals surface area contributed by atoms with E-state index in [1.54, 1.807) is 13.4 Å². The van der Waals surface area contributed by atoms with Gasteiger partial charge in [0.2, 0.25) is 5.95 Å². The molecule has 0 spiro atoms. The summed E-state index contributed by atoms with van der Waals surface area (Å²) >= 11 is 0. The molecule has 0 saturated heterocycles. The maximum Gasteiger partial charge on any atom is 0.317 e. The summed E-state index contributed by atoms with van der Waals surface area (Å²) in [5.74, 6) is 1.21. The van der Waals surface area contributed by atoms with Crippen LogP contribution in [0.1, 0.15) is 23.7 Å². The zero-order chi connectivity index (χ0) is 20.5. The number of ether oxygens (including phenoxy) is 2. The van der Waals surface area contributed by atoms with E-state index < -0.39 is 0 Å². The average Bonchev–Trinajstić information content (AvgIpc) is 3.39. The Morgan fingerprint density at radius 2 is 2.03 bits per heavy atom. The van der Waals surface area contributed by atoms with Crippen molar-refractivity contribution in [3.05, 3.63) is 72.3 Å². The number of benzene rings is 2. The van der Waals surface area contributed by atoms with Crippen LogP contribution in [0.4, 0.5) is 11.6 Å². The number of aryl methyl sites for hydroxylation is 1. The third kappa shape index (κ3) is 3.36. The number of hydrogen-bond donors (Lipinski definition) is 1. The Labute approximate surface area is 174 Å². The van der Waals surface area contributed by atoms with Crippen LogP contribution in [0.2, 0.25) is 0 Å². The summed E-state index contributed by atoms with van der Waals surface area (Å²) in [6.45, 7) is 2.57. The summed E-state index contributed by atoms with van der Waals surface area (Å²) in [4.78, 5) is 8.81. The molecule has 0 radical (unpaired) electrons. The highest BCUT2D eigenvalue weighted by Crippen LogP contribution is 2.32. The van der Waals surface area contributed by atoms with Crippen molar-refractivity contribution < 1.29 is 9.47 Å². The minimum absolute atomic E-state index is 0.111. The lowest BCUT2D eigenvalue weighted by molar-refractivity contribution is 0.201. The summed E-state index contributed by atoms with van der Waals surface area (Å²) in [7, 11) is 1.65. The Bertz CT molecular complexity index is 1170. The van der Waals surface area contributed by atoms with Gasteiger partial charge < -0.3 is 19.4 Å². The van der Waals surface area contributed by atoms with Crippen molar-refractivity contribution >= 4 is 11.6 Å². The Kier molecular flexibility index (Phi) is 4.59. The Hall–Kier alpha value is -3.81. The van der Waals surface area contributed by atoms with Gasteiger partial charge in [-0.15, -0.1) is 5.10 Å². The third-order valence-electron chi connectivity index (χ3n) is 5.13. The standard InChI is InChI=1S/C22H22N6O2/c1-15-13-27(14-23-15)19-9-8-17(12-20(19)29-2)24-21-25-22-28(26-21)18(10-11-30-22)16-6-4-3-5-7-16/h3-9,12-14,18H,10-11H2,1-2H3,(H,24,26). The zero-order valence-corrected chi connectivity index (χ0v) is 16.8. The van der Waals surface area contributed by atoms with E-state index in [1.807, 2.05) is 58.8 Å². The fourth-order valence-electron chi connectivity index (χ4n) is 3.68. The molecule has 0 amide bonds. The molecule has 1 unspecified atom stereocenters. The predicted octanol–water partition coefficient (Wildman–Crippen LogP) is 3.90. The van der Waals surface area contributed by atoms with Gasteiger partial charge in [-0.1, -0.05) is 30.3 Å². The van der Waals surface area contributed by atoms with E-state index >= 15 is 0 Å². The van der Waals surface area contributed by atoms with Gasteiger partial charge in [0.05, 0.1) is 37.5 Å². The SMILES string of the molecule is COc1cc(Nc2nc3n(n2)C(c2ccccc2)CCO3)ccc1-n1cnc(C)c1. The topological polar surface area (TPSA) is 79.0 Å². The molecule has 0 bridgehead atoms. The van der Waals surface area contributed by atoms with Crippen LogP contribution in [0, 0.1) is 6.92 Å². The molecule has 8 nitrogen and oxygen atoms in total. The molecule has 2 aromatic carbocycles. The van der Waals surface area contributed by atoms with E-state index in [9.17, 15) is 0 Å². The van der Waals surface area contributed by atoms with E-state index in [0.717, 1.165) is 29.2 Å². The second-order valence-corrected chi connectivity index (χ2v) is 7.16. The highest BCUT2D eigenvalue weighted by molar-refractivity contribution is 5.62. The second-order valence-electron chi connectivity index (χ2n) is 7.16. The number of aromatic nitrogens is 5. The number of anilines is 2. The number of fused-ring (bicyclic) bond motifs is 1. The van der Waals surface area contributed by atoms with Gasteiger partial charge in [-0.2, -0.15) is 4.98 Å². The molecule has 1 aliphatic heterocycles. The lowest BCUT2D eigenvalue weighted by Gasteiger charge is -2.23. The molecule has 4 aromatic rings. The van der Waals surface area contributed by atoms with E-state index in [-0.39, 0.29) is 6.04 Å². The number of imidazole rings is 1.